The van der Waals surface area contributed by atoms with Crippen LogP contribution in [0.25, 0.3) is 28.0 Å². The van der Waals surface area contributed by atoms with Gasteiger partial charge in [0.15, 0.2) is 0 Å². The molecule has 12 nitrogen and oxygen atoms in total. The predicted molar refractivity (Wildman–Crippen MR) is 171 cm³/mol. The minimum absolute atomic E-state index is 0.00234. The fourth-order valence-corrected chi connectivity index (χ4v) is 6.68. The topological polar surface area (TPSA) is 148 Å². The number of thiazole rings is 1. The summed E-state index contributed by atoms with van der Waals surface area (Å²) in [5, 5.41) is 27.9. The molecule has 1 aromatic carbocycles. The molecule has 4 aromatic heterocycles. The highest BCUT2D eigenvalue weighted by molar-refractivity contribution is 7.12. The molecule has 0 bridgehead atoms. The monoisotopic (exact) mass is 638 g/mol. The van der Waals surface area contributed by atoms with Gasteiger partial charge in [-0.15, -0.1) is 11.3 Å². The van der Waals surface area contributed by atoms with E-state index in [1.165, 1.54) is 23.5 Å². The van der Waals surface area contributed by atoms with E-state index in [-0.39, 0.29) is 17.8 Å². The van der Waals surface area contributed by atoms with Gasteiger partial charge in [0.2, 0.25) is 11.9 Å². The molecule has 2 aliphatic heterocycles. The van der Waals surface area contributed by atoms with Gasteiger partial charge in [-0.1, -0.05) is 6.92 Å². The number of halogens is 1. The van der Waals surface area contributed by atoms with Gasteiger partial charge < -0.3 is 20.7 Å². The van der Waals surface area contributed by atoms with Crippen molar-refractivity contribution in [2.75, 3.05) is 29.9 Å². The first kappa shape index (κ1) is 29.7. The van der Waals surface area contributed by atoms with Crippen molar-refractivity contribution >= 4 is 34.7 Å². The number of amides is 1. The average Bonchev–Trinajstić information content (AvgIpc) is 3.78. The first-order valence-corrected chi connectivity index (χ1v) is 16.0. The smallest absolute Gasteiger partial charge is 0.240 e. The van der Waals surface area contributed by atoms with Crippen molar-refractivity contribution in [3.05, 3.63) is 76.4 Å². The molecule has 7 rings (SSSR count). The molecule has 2 fully saturated rings. The summed E-state index contributed by atoms with van der Waals surface area (Å²) >= 11 is 1.31. The average molecular weight is 639 g/mol. The van der Waals surface area contributed by atoms with Crippen LogP contribution in [0.2, 0.25) is 0 Å². The number of rotatable bonds is 9. The van der Waals surface area contributed by atoms with Gasteiger partial charge in [-0.25, -0.2) is 24.3 Å². The Labute approximate surface area is 268 Å². The highest BCUT2D eigenvalue weighted by atomic mass is 32.1. The number of fused-ring (bicyclic) bond motifs is 1. The number of benzene rings is 1. The molecule has 234 valence electrons. The van der Waals surface area contributed by atoms with E-state index >= 15 is 0 Å². The van der Waals surface area contributed by atoms with Gasteiger partial charge in [-0.05, 0) is 55.7 Å². The maximum atomic E-state index is 13.4. The minimum atomic E-state index is -0.467. The molecule has 1 amide bonds. The molecule has 3 N–H and O–H groups in total. The number of hydroxylamine groups is 2. The van der Waals surface area contributed by atoms with Crippen molar-refractivity contribution < 1.29 is 14.4 Å². The first-order valence-electron chi connectivity index (χ1n) is 15.1. The van der Waals surface area contributed by atoms with E-state index in [2.05, 4.69) is 31.7 Å². The summed E-state index contributed by atoms with van der Waals surface area (Å²) in [4.78, 5) is 33.6. The Morgan fingerprint density at radius 3 is 2.57 bits per heavy atom. The summed E-state index contributed by atoms with van der Waals surface area (Å²) in [6, 6.07) is 11.7. The molecule has 0 aliphatic carbocycles. The van der Waals surface area contributed by atoms with Crippen LogP contribution in [0.1, 0.15) is 35.3 Å². The van der Waals surface area contributed by atoms with Gasteiger partial charge in [0, 0.05) is 54.9 Å². The summed E-state index contributed by atoms with van der Waals surface area (Å²) in [6.45, 7) is 4.18. The second-order valence-electron chi connectivity index (χ2n) is 11.4. The van der Waals surface area contributed by atoms with Crippen molar-refractivity contribution in [1.29, 1.82) is 5.26 Å². The molecule has 2 saturated heterocycles. The largest absolute Gasteiger partial charge is 0.363 e. The second-order valence-corrected chi connectivity index (χ2v) is 12.5. The van der Waals surface area contributed by atoms with E-state index in [1.54, 1.807) is 24.5 Å². The van der Waals surface area contributed by atoms with Crippen LogP contribution in [0.5, 0.6) is 0 Å². The van der Waals surface area contributed by atoms with E-state index in [0.717, 1.165) is 51.2 Å². The van der Waals surface area contributed by atoms with Gasteiger partial charge in [0.05, 0.1) is 24.0 Å². The Balaban J connectivity index is 1.04. The van der Waals surface area contributed by atoms with Crippen LogP contribution < -0.4 is 15.5 Å². The number of aromatic nitrogens is 5. The van der Waals surface area contributed by atoms with Gasteiger partial charge in [-0.2, -0.15) is 10.3 Å². The Hall–Kier alpha value is -4.97. The quantitative estimate of drug-likeness (QED) is 0.214. The van der Waals surface area contributed by atoms with E-state index in [4.69, 9.17) is 4.98 Å². The van der Waals surface area contributed by atoms with Crippen LogP contribution in [-0.2, 0) is 17.8 Å². The lowest BCUT2D eigenvalue weighted by molar-refractivity contribution is -0.146. The van der Waals surface area contributed by atoms with Gasteiger partial charge in [-0.3, -0.25) is 9.20 Å². The molecule has 0 spiro atoms. The molecule has 1 atom stereocenters. The van der Waals surface area contributed by atoms with Crippen LogP contribution in [0.4, 0.5) is 16.2 Å². The summed E-state index contributed by atoms with van der Waals surface area (Å²) in [7, 11) is 0. The minimum Gasteiger partial charge on any atom is -0.363 e. The number of carbonyl (C=O) groups excluding carboxylic acids is 1. The zero-order valence-electron chi connectivity index (χ0n) is 25.0. The zero-order valence-corrected chi connectivity index (χ0v) is 25.8. The van der Waals surface area contributed by atoms with Crippen LogP contribution in [0.3, 0.4) is 0 Å². The number of nitrogens with one attached hydrogen (secondary N) is 2. The standard InChI is InChI=1S/C32H31FN10O2S/c1-2-24-30(35-15-28-40-29(26(12-34)46-28)19-5-8-22(33)9-6-19)42-16-20(7-10-27(42)39-24)21-13-36-32(37-14-21)41-17-23(18-41)38-31(44)25-4-3-11-43(25)45/h5-10,13-14,16,23,25,35,45H,2-4,11,15,17-18H2,1H3,(H,38,44). The van der Waals surface area contributed by atoms with E-state index < -0.39 is 6.04 Å². The lowest BCUT2D eigenvalue weighted by Gasteiger charge is -2.40. The lowest BCUT2D eigenvalue weighted by atomic mass is 10.1. The summed E-state index contributed by atoms with van der Waals surface area (Å²) in [5.74, 6) is 0.959. The third kappa shape index (κ3) is 5.76. The molecule has 5 aromatic rings. The van der Waals surface area contributed by atoms with Gasteiger partial charge in [0.1, 0.15) is 39.3 Å². The van der Waals surface area contributed by atoms with E-state index in [9.17, 15) is 19.7 Å². The molecule has 14 heteroatoms. The summed E-state index contributed by atoms with van der Waals surface area (Å²) < 4.78 is 15.4. The molecular formula is C32H31FN10O2S. The summed E-state index contributed by atoms with van der Waals surface area (Å²) in [5.41, 5.74) is 4.70. The zero-order chi connectivity index (χ0) is 31.8. The molecule has 6 heterocycles. The fourth-order valence-electron chi connectivity index (χ4n) is 5.86. The Morgan fingerprint density at radius 2 is 1.87 bits per heavy atom. The number of aryl methyl sites for hydroxylation is 1. The highest BCUT2D eigenvalue weighted by Gasteiger charge is 2.35. The maximum absolute atomic E-state index is 13.4. The van der Waals surface area contributed by atoms with Crippen molar-refractivity contribution in [2.45, 2.75) is 44.8 Å². The number of anilines is 2. The number of pyridine rings is 1. The van der Waals surface area contributed by atoms with E-state index in [0.29, 0.717) is 54.7 Å². The molecular weight excluding hydrogens is 607 g/mol. The Kier molecular flexibility index (Phi) is 8.03. The lowest BCUT2D eigenvalue weighted by Crippen LogP contribution is -2.61. The second kappa shape index (κ2) is 12.4. The number of nitriles is 1. The van der Waals surface area contributed by atoms with Gasteiger partial charge >= 0.3 is 0 Å². The van der Waals surface area contributed by atoms with Crippen molar-refractivity contribution in [3.8, 4) is 28.5 Å². The van der Waals surface area contributed by atoms with E-state index in [1.807, 2.05) is 34.6 Å². The normalized spacial score (nSPS) is 16.8. The van der Waals surface area contributed by atoms with Crippen molar-refractivity contribution in [1.82, 2.24) is 34.7 Å². The van der Waals surface area contributed by atoms with Crippen LogP contribution in [-0.4, -0.2) is 72.2 Å². The third-order valence-corrected chi connectivity index (χ3v) is 9.29. The fraction of sp³-hybridized carbons (Fsp3) is 0.312. The Bertz CT molecular complexity index is 1930. The molecule has 46 heavy (non-hydrogen) atoms. The number of imidazole rings is 1. The first-order chi connectivity index (χ1) is 22.4. The van der Waals surface area contributed by atoms with Crippen molar-refractivity contribution in [2.24, 2.45) is 0 Å². The summed E-state index contributed by atoms with van der Waals surface area (Å²) in [6.07, 6.45) is 7.78. The maximum Gasteiger partial charge on any atom is 0.240 e. The highest BCUT2D eigenvalue weighted by Crippen LogP contribution is 2.30. The van der Waals surface area contributed by atoms with Gasteiger partial charge in [0.25, 0.3) is 0 Å². The number of hydrogen-bond donors (Lipinski definition) is 3. The van der Waals surface area contributed by atoms with Crippen LogP contribution in [0.15, 0.2) is 55.0 Å². The molecule has 0 radical (unpaired) electrons. The SMILES string of the molecule is CCc1nc2ccc(-c3cnc(N4CC(NC(=O)C5CCCN5O)C4)nc3)cn2c1NCc1nc(-c2ccc(F)cc2)c(C#N)s1. The number of hydrogen-bond acceptors (Lipinski definition) is 11. The Morgan fingerprint density at radius 1 is 1.11 bits per heavy atom. The predicted octanol–water partition coefficient (Wildman–Crippen LogP) is 4.26. The number of carbonyl (C=O) groups is 1. The number of nitrogens with zero attached hydrogens (tertiary/aromatic N) is 8. The van der Waals surface area contributed by atoms with Crippen LogP contribution >= 0.6 is 11.3 Å². The molecule has 1 unspecified atom stereocenters. The molecule has 0 saturated carbocycles. The van der Waals surface area contributed by atoms with Crippen molar-refractivity contribution in [3.63, 3.8) is 0 Å². The van der Waals surface area contributed by atoms with Crippen LogP contribution in [0, 0.1) is 17.1 Å². The third-order valence-electron chi connectivity index (χ3n) is 8.33. The molecule has 2 aliphatic rings.